The van der Waals surface area contributed by atoms with E-state index in [0.29, 0.717) is 12.5 Å². The van der Waals surface area contributed by atoms with E-state index >= 15 is 0 Å². The third-order valence-electron chi connectivity index (χ3n) is 5.75. The molecular weight excluding hydrogens is 343 g/mol. The molecule has 0 atom stereocenters. The number of piperazine rings is 1. The topological polar surface area (TPSA) is 70.6 Å². The molecule has 2 heterocycles. The number of anilines is 1. The van der Waals surface area contributed by atoms with Gasteiger partial charge < -0.3 is 15.5 Å². The van der Waals surface area contributed by atoms with Crippen LogP contribution in [0.4, 0.5) is 10.3 Å². The number of aliphatic imine (C=N–C) groups is 1. The van der Waals surface area contributed by atoms with Gasteiger partial charge in [0.1, 0.15) is 5.82 Å². The molecule has 1 aromatic carbocycles. The molecule has 142 valence electrons. The Morgan fingerprint density at radius 3 is 2.33 bits per heavy atom. The average molecular weight is 368 g/mol. The van der Waals surface area contributed by atoms with Gasteiger partial charge in [0, 0.05) is 44.0 Å². The number of hydrogen-bond acceptors (Lipinski definition) is 4. The van der Waals surface area contributed by atoms with Gasteiger partial charge in [-0.2, -0.15) is 0 Å². The Labute approximate surface area is 158 Å². The predicted octanol–water partition coefficient (Wildman–Crippen LogP) is 2.17. The van der Waals surface area contributed by atoms with Crippen LogP contribution in [0, 0.1) is 5.82 Å². The highest BCUT2D eigenvalue weighted by molar-refractivity contribution is 5.78. The maximum absolute atomic E-state index is 13.2. The molecule has 1 aliphatic heterocycles. The zero-order valence-corrected chi connectivity index (χ0v) is 15.4. The quantitative estimate of drug-likeness (QED) is 0.662. The molecule has 2 aromatic rings. The van der Waals surface area contributed by atoms with Crippen molar-refractivity contribution in [3.63, 3.8) is 0 Å². The maximum atomic E-state index is 13.2. The zero-order chi connectivity index (χ0) is 18.7. The summed E-state index contributed by atoms with van der Waals surface area (Å²) in [5.41, 5.74) is 7.46. The van der Waals surface area contributed by atoms with Gasteiger partial charge in [-0.1, -0.05) is 18.6 Å². The first-order valence-corrected chi connectivity index (χ1v) is 9.49. The molecule has 1 saturated carbocycles. The van der Waals surface area contributed by atoms with E-state index in [1.165, 1.54) is 18.6 Å². The van der Waals surface area contributed by atoms with Crippen molar-refractivity contribution in [2.75, 3.05) is 37.6 Å². The standard InChI is InChI=1S/C20H25FN6/c21-17-5-3-16(4-6-17)20(7-1-8-20)15-25-18(22)26-11-13-27(14-12-26)19-23-9-2-10-24-19/h2-6,9-10H,1,7-8,11-15H2,(H2,22,25). The highest BCUT2D eigenvalue weighted by Gasteiger charge is 2.38. The lowest BCUT2D eigenvalue weighted by molar-refractivity contribution is 0.252. The Hall–Kier alpha value is -2.70. The number of benzene rings is 1. The molecule has 1 aliphatic carbocycles. The Kier molecular flexibility index (Phi) is 4.92. The van der Waals surface area contributed by atoms with Crippen LogP contribution >= 0.6 is 0 Å². The first-order chi connectivity index (χ1) is 13.2. The van der Waals surface area contributed by atoms with E-state index in [2.05, 4.69) is 19.8 Å². The molecule has 2 aliphatic rings. The molecule has 2 N–H and O–H groups in total. The van der Waals surface area contributed by atoms with Crippen molar-refractivity contribution < 1.29 is 4.39 Å². The molecule has 0 spiro atoms. The second-order valence-electron chi connectivity index (χ2n) is 7.34. The number of hydrogen-bond donors (Lipinski definition) is 1. The fourth-order valence-corrected chi connectivity index (χ4v) is 3.87. The molecule has 0 bridgehead atoms. The van der Waals surface area contributed by atoms with Gasteiger partial charge in [-0.25, -0.2) is 14.4 Å². The van der Waals surface area contributed by atoms with E-state index in [-0.39, 0.29) is 11.2 Å². The lowest BCUT2D eigenvalue weighted by Gasteiger charge is -2.42. The van der Waals surface area contributed by atoms with Crippen LogP contribution < -0.4 is 10.6 Å². The molecule has 6 nitrogen and oxygen atoms in total. The van der Waals surface area contributed by atoms with Gasteiger partial charge in [0.15, 0.2) is 5.96 Å². The van der Waals surface area contributed by atoms with Crippen LogP contribution in [0.2, 0.25) is 0 Å². The van der Waals surface area contributed by atoms with Gasteiger partial charge in [0.05, 0.1) is 6.54 Å². The van der Waals surface area contributed by atoms with Crippen LogP contribution in [0.3, 0.4) is 0 Å². The molecule has 7 heteroatoms. The number of rotatable bonds is 4. The highest BCUT2D eigenvalue weighted by atomic mass is 19.1. The van der Waals surface area contributed by atoms with Crippen molar-refractivity contribution in [2.45, 2.75) is 24.7 Å². The number of guanidine groups is 1. The number of aromatic nitrogens is 2. The van der Waals surface area contributed by atoms with Gasteiger partial charge >= 0.3 is 0 Å². The van der Waals surface area contributed by atoms with Crippen molar-refractivity contribution >= 4 is 11.9 Å². The maximum Gasteiger partial charge on any atom is 0.225 e. The largest absolute Gasteiger partial charge is 0.370 e. The van der Waals surface area contributed by atoms with Crippen molar-refractivity contribution in [3.05, 3.63) is 54.1 Å². The lowest BCUT2D eigenvalue weighted by atomic mass is 9.64. The first kappa shape index (κ1) is 17.7. The summed E-state index contributed by atoms with van der Waals surface area (Å²) in [5.74, 6) is 1.16. The van der Waals surface area contributed by atoms with E-state index in [1.807, 2.05) is 18.2 Å². The van der Waals surface area contributed by atoms with Gasteiger partial charge in [0.25, 0.3) is 0 Å². The van der Waals surface area contributed by atoms with E-state index < -0.39 is 0 Å². The number of halogens is 1. The number of nitrogens with zero attached hydrogens (tertiary/aromatic N) is 5. The summed E-state index contributed by atoms with van der Waals surface area (Å²) in [6, 6.07) is 8.67. The smallest absolute Gasteiger partial charge is 0.225 e. The van der Waals surface area contributed by atoms with E-state index in [9.17, 15) is 4.39 Å². The molecular formula is C20H25FN6. The molecule has 1 saturated heterocycles. The molecule has 0 radical (unpaired) electrons. The van der Waals surface area contributed by atoms with Crippen LogP contribution in [0.15, 0.2) is 47.7 Å². The fourth-order valence-electron chi connectivity index (χ4n) is 3.87. The molecule has 4 rings (SSSR count). The zero-order valence-electron chi connectivity index (χ0n) is 15.4. The second kappa shape index (κ2) is 7.50. The summed E-state index contributed by atoms with van der Waals surface area (Å²) in [4.78, 5) is 17.6. The summed E-state index contributed by atoms with van der Waals surface area (Å²) in [6.07, 6.45) is 6.86. The SMILES string of the molecule is NC(=NCC1(c2ccc(F)cc2)CCC1)N1CCN(c2ncccn2)CC1. The average Bonchev–Trinajstić information content (AvgIpc) is 2.69. The van der Waals surface area contributed by atoms with E-state index in [0.717, 1.165) is 50.5 Å². The van der Waals surface area contributed by atoms with Crippen LogP contribution in [-0.2, 0) is 5.41 Å². The van der Waals surface area contributed by atoms with Gasteiger partial charge in [-0.15, -0.1) is 0 Å². The molecule has 0 unspecified atom stereocenters. The van der Waals surface area contributed by atoms with Gasteiger partial charge in [0.2, 0.25) is 5.95 Å². The van der Waals surface area contributed by atoms with E-state index in [1.54, 1.807) is 12.4 Å². The summed E-state index contributed by atoms with van der Waals surface area (Å²) in [6.45, 7) is 3.91. The van der Waals surface area contributed by atoms with Crippen LogP contribution in [0.25, 0.3) is 0 Å². The number of nitrogens with two attached hydrogens (primary N) is 1. The van der Waals surface area contributed by atoms with Gasteiger partial charge in [-0.05, 0) is 36.6 Å². The first-order valence-electron chi connectivity index (χ1n) is 9.49. The highest BCUT2D eigenvalue weighted by Crippen LogP contribution is 2.44. The van der Waals surface area contributed by atoms with Gasteiger partial charge in [-0.3, -0.25) is 4.99 Å². The Morgan fingerprint density at radius 2 is 1.74 bits per heavy atom. The Bertz CT molecular complexity index is 780. The Balaban J connectivity index is 1.37. The summed E-state index contributed by atoms with van der Waals surface area (Å²) < 4.78 is 13.2. The van der Waals surface area contributed by atoms with Crippen molar-refractivity contribution in [1.29, 1.82) is 0 Å². The third-order valence-corrected chi connectivity index (χ3v) is 5.75. The summed E-state index contributed by atoms with van der Waals surface area (Å²) >= 11 is 0. The molecule has 27 heavy (non-hydrogen) atoms. The minimum Gasteiger partial charge on any atom is -0.370 e. The molecule has 1 aromatic heterocycles. The predicted molar refractivity (Wildman–Crippen MR) is 104 cm³/mol. The third kappa shape index (κ3) is 3.72. The second-order valence-corrected chi connectivity index (χ2v) is 7.34. The lowest BCUT2D eigenvalue weighted by Crippen LogP contribution is -2.52. The monoisotopic (exact) mass is 368 g/mol. The van der Waals surface area contributed by atoms with Crippen molar-refractivity contribution in [1.82, 2.24) is 14.9 Å². The minimum absolute atomic E-state index is 0.0119. The molecule has 0 amide bonds. The normalized spacial score (nSPS) is 19.7. The summed E-state index contributed by atoms with van der Waals surface area (Å²) in [5, 5.41) is 0. The van der Waals surface area contributed by atoms with Crippen LogP contribution in [0.1, 0.15) is 24.8 Å². The fraction of sp³-hybridized carbons (Fsp3) is 0.450. The van der Waals surface area contributed by atoms with Crippen molar-refractivity contribution in [3.8, 4) is 0 Å². The van der Waals surface area contributed by atoms with Crippen LogP contribution in [0.5, 0.6) is 0 Å². The summed E-state index contributed by atoms with van der Waals surface area (Å²) in [7, 11) is 0. The van der Waals surface area contributed by atoms with E-state index in [4.69, 9.17) is 10.7 Å². The van der Waals surface area contributed by atoms with Crippen molar-refractivity contribution in [2.24, 2.45) is 10.7 Å². The Morgan fingerprint density at radius 1 is 1.07 bits per heavy atom. The minimum atomic E-state index is -0.198. The molecule has 2 fully saturated rings. The van der Waals surface area contributed by atoms with Crippen LogP contribution in [-0.4, -0.2) is 53.6 Å².